The van der Waals surface area contributed by atoms with Crippen LogP contribution in [0.5, 0.6) is 0 Å². The number of oxazole rings is 1. The van der Waals surface area contributed by atoms with Crippen LogP contribution in [0.4, 0.5) is 5.69 Å². The van der Waals surface area contributed by atoms with Crippen LogP contribution < -0.4 is 5.73 Å². The first-order valence-corrected chi connectivity index (χ1v) is 8.20. The van der Waals surface area contributed by atoms with Crippen LogP contribution in [0.2, 0.25) is 0 Å². The smallest absolute Gasteiger partial charge is 0.256 e. The Morgan fingerprint density at radius 3 is 3.20 bits per heavy atom. The van der Waals surface area contributed by atoms with E-state index in [9.17, 15) is 0 Å². The van der Waals surface area contributed by atoms with Gasteiger partial charge in [0, 0.05) is 17.5 Å². The maximum Gasteiger partial charge on any atom is 0.256 e. The van der Waals surface area contributed by atoms with Gasteiger partial charge in [0.05, 0.1) is 0 Å². The van der Waals surface area contributed by atoms with Crippen molar-refractivity contribution >= 4 is 28.5 Å². The molecule has 2 N–H and O–H groups in total. The third kappa shape index (κ3) is 3.10. The SMILES string of the molecule is CN1CCCCC1CCSc1nc2cc(N)ccc2o1. The molecule has 20 heavy (non-hydrogen) atoms. The first kappa shape index (κ1) is 13.8. The topological polar surface area (TPSA) is 55.3 Å². The normalized spacial score (nSPS) is 20.6. The Labute approximate surface area is 123 Å². The number of thioether (sulfide) groups is 1. The van der Waals surface area contributed by atoms with E-state index in [1.807, 2.05) is 18.2 Å². The van der Waals surface area contributed by atoms with Crippen LogP contribution in [0, 0.1) is 0 Å². The quantitative estimate of drug-likeness (QED) is 0.691. The molecule has 0 aliphatic carbocycles. The summed E-state index contributed by atoms with van der Waals surface area (Å²) in [5.74, 6) is 1.05. The molecule has 4 nitrogen and oxygen atoms in total. The van der Waals surface area contributed by atoms with E-state index in [1.165, 1.54) is 32.2 Å². The fraction of sp³-hybridized carbons (Fsp3) is 0.533. The number of nitrogen functional groups attached to an aromatic ring is 1. The highest BCUT2D eigenvalue weighted by Crippen LogP contribution is 2.27. The molecular formula is C15H21N3OS. The zero-order chi connectivity index (χ0) is 13.9. The molecule has 1 aromatic carbocycles. The van der Waals surface area contributed by atoms with Crippen molar-refractivity contribution in [2.24, 2.45) is 0 Å². The van der Waals surface area contributed by atoms with Gasteiger partial charge < -0.3 is 15.1 Å². The van der Waals surface area contributed by atoms with E-state index in [0.717, 1.165) is 33.8 Å². The molecule has 1 aliphatic heterocycles. The van der Waals surface area contributed by atoms with Crippen molar-refractivity contribution in [1.82, 2.24) is 9.88 Å². The Morgan fingerprint density at radius 2 is 2.35 bits per heavy atom. The number of rotatable bonds is 4. The maximum atomic E-state index is 5.75. The first-order chi connectivity index (χ1) is 9.72. The van der Waals surface area contributed by atoms with Crippen LogP contribution in [0.25, 0.3) is 11.1 Å². The fourth-order valence-corrected chi connectivity index (χ4v) is 3.65. The Kier molecular flexibility index (Phi) is 4.17. The lowest BCUT2D eigenvalue weighted by Gasteiger charge is -2.32. The number of nitrogens with two attached hydrogens (primary N) is 1. The lowest BCUT2D eigenvalue weighted by molar-refractivity contribution is 0.182. The zero-order valence-corrected chi connectivity index (χ0v) is 12.7. The summed E-state index contributed by atoms with van der Waals surface area (Å²) >= 11 is 1.70. The molecule has 1 saturated heterocycles. The minimum atomic E-state index is 0.719. The number of hydrogen-bond donors (Lipinski definition) is 1. The lowest BCUT2D eigenvalue weighted by Crippen LogP contribution is -2.36. The zero-order valence-electron chi connectivity index (χ0n) is 11.8. The maximum absolute atomic E-state index is 5.75. The van der Waals surface area contributed by atoms with E-state index < -0.39 is 0 Å². The molecule has 2 aromatic rings. The molecule has 3 rings (SSSR count). The van der Waals surface area contributed by atoms with Crippen molar-refractivity contribution in [3.8, 4) is 0 Å². The standard InChI is InChI=1S/C15H21N3OS/c1-18-8-3-2-4-12(18)7-9-20-15-17-13-10-11(16)5-6-14(13)19-15/h5-6,10,12H,2-4,7-9,16H2,1H3. The van der Waals surface area contributed by atoms with Crippen molar-refractivity contribution in [2.45, 2.75) is 36.9 Å². The van der Waals surface area contributed by atoms with Gasteiger partial charge in [-0.05, 0) is 51.1 Å². The molecule has 0 amide bonds. The predicted molar refractivity (Wildman–Crippen MR) is 84.0 cm³/mol. The van der Waals surface area contributed by atoms with Crippen LogP contribution in [0.15, 0.2) is 27.8 Å². The van der Waals surface area contributed by atoms with Crippen LogP contribution in [-0.2, 0) is 0 Å². The molecular weight excluding hydrogens is 270 g/mol. The van der Waals surface area contributed by atoms with Gasteiger partial charge in [0.1, 0.15) is 5.52 Å². The molecule has 0 saturated carbocycles. The third-order valence-electron chi connectivity index (χ3n) is 3.99. The number of aromatic nitrogens is 1. The highest BCUT2D eigenvalue weighted by atomic mass is 32.2. The minimum absolute atomic E-state index is 0.719. The van der Waals surface area contributed by atoms with E-state index in [-0.39, 0.29) is 0 Å². The summed E-state index contributed by atoms with van der Waals surface area (Å²) in [6.45, 7) is 1.23. The minimum Gasteiger partial charge on any atom is -0.431 e. The van der Waals surface area contributed by atoms with Gasteiger partial charge in [-0.25, -0.2) is 4.98 Å². The van der Waals surface area contributed by atoms with Gasteiger partial charge in [0.15, 0.2) is 5.58 Å². The predicted octanol–water partition coefficient (Wildman–Crippen LogP) is 3.38. The first-order valence-electron chi connectivity index (χ1n) is 7.21. The summed E-state index contributed by atoms with van der Waals surface area (Å²) in [7, 11) is 2.23. The summed E-state index contributed by atoms with van der Waals surface area (Å²) in [5.41, 5.74) is 8.15. The van der Waals surface area contributed by atoms with Gasteiger partial charge in [0.25, 0.3) is 5.22 Å². The van der Waals surface area contributed by atoms with Crippen molar-refractivity contribution in [1.29, 1.82) is 0 Å². The Morgan fingerprint density at radius 1 is 1.45 bits per heavy atom. The van der Waals surface area contributed by atoms with Crippen molar-refractivity contribution < 1.29 is 4.42 Å². The van der Waals surface area contributed by atoms with E-state index in [0.29, 0.717) is 0 Å². The Hall–Kier alpha value is -1.20. The van der Waals surface area contributed by atoms with Crippen LogP contribution in [-0.4, -0.2) is 35.3 Å². The Bertz CT molecular complexity index is 584. The summed E-state index contributed by atoms with van der Waals surface area (Å²) in [6.07, 6.45) is 5.22. The molecule has 0 radical (unpaired) electrons. The molecule has 2 heterocycles. The molecule has 5 heteroatoms. The third-order valence-corrected chi connectivity index (χ3v) is 4.85. The van der Waals surface area contributed by atoms with Crippen molar-refractivity contribution in [2.75, 3.05) is 25.1 Å². The van der Waals surface area contributed by atoms with Gasteiger partial charge in [-0.3, -0.25) is 0 Å². The van der Waals surface area contributed by atoms with Crippen LogP contribution >= 0.6 is 11.8 Å². The average Bonchev–Trinajstić information content (AvgIpc) is 2.83. The van der Waals surface area contributed by atoms with Gasteiger partial charge in [-0.15, -0.1) is 0 Å². The van der Waals surface area contributed by atoms with Crippen LogP contribution in [0.3, 0.4) is 0 Å². The molecule has 1 aromatic heterocycles. The van der Waals surface area contributed by atoms with Gasteiger partial charge in [-0.1, -0.05) is 18.2 Å². The Balaban J connectivity index is 1.57. The molecule has 0 spiro atoms. The van der Waals surface area contributed by atoms with E-state index >= 15 is 0 Å². The second-order valence-electron chi connectivity index (χ2n) is 5.47. The summed E-state index contributed by atoms with van der Waals surface area (Å²) in [5, 5.41) is 0.754. The van der Waals surface area contributed by atoms with E-state index in [2.05, 4.69) is 16.9 Å². The lowest BCUT2D eigenvalue weighted by atomic mass is 10.0. The number of anilines is 1. The second-order valence-corrected chi connectivity index (χ2v) is 6.52. The number of hydrogen-bond acceptors (Lipinski definition) is 5. The van der Waals surface area contributed by atoms with Gasteiger partial charge in [0.2, 0.25) is 0 Å². The second kappa shape index (κ2) is 6.06. The van der Waals surface area contributed by atoms with Gasteiger partial charge in [-0.2, -0.15) is 0 Å². The molecule has 1 aliphatic rings. The summed E-state index contributed by atoms with van der Waals surface area (Å²) in [6, 6.07) is 6.31. The summed E-state index contributed by atoms with van der Waals surface area (Å²) < 4.78 is 5.72. The number of piperidine rings is 1. The van der Waals surface area contributed by atoms with Crippen molar-refractivity contribution in [3.05, 3.63) is 18.2 Å². The van der Waals surface area contributed by atoms with Crippen LogP contribution in [0.1, 0.15) is 25.7 Å². The number of nitrogens with zero attached hydrogens (tertiary/aromatic N) is 2. The molecule has 1 fully saturated rings. The molecule has 0 bridgehead atoms. The largest absolute Gasteiger partial charge is 0.431 e. The molecule has 108 valence electrons. The average molecular weight is 291 g/mol. The summed E-state index contributed by atoms with van der Waals surface area (Å²) in [4.78, 5) is 6.96. The van der Waals surface area contributed by atoms with Crippen molar-refractivity contribution in [3.63, 3.8) is 0 Å². The number of benzene rings is 1. The number of likely N-dealkylation sites (tertiary alicyclic amines) is 1. The number of fused-ring (bicyclic) bond motifs is 1. The van der Waals surface area contributed by atoms with E-state index in [1.54, 1.807) is 11.8 Å². The highest BCUT2D eigenvalue weighted by molar-refractivity contribution is 7.99. The molecule has 1 atom stereocenters. The fourth-order valence-electron chi connectivity index (χ4n) is 2.78. The monoisotopic (exact) mass is 291 g/mol. The van der Waals surface area contributed by atoms with E-state index in [4.69, 9.17) is 10.2 Å². The highest BCUT2D eigenvalue weighted by Gasteiger charge is 2.18. The van der Waals surface area contributed by atoms with Gasteiger partial charge >= 0.3 is 0 Å². The molecule has 1 unspecified atom stereocenters.